The van der Waals surface area contributed by atoms with Crippen LogP contribution in [-0.4, -0.2) is 24.9 Å². The van der Waals surface area contributed by atoms with Gasteiger partial charge in [0.2, 0.25) is 0 Å². The molecular weight excluding hydrogens is 208 g/mol. The second kappa shape index (κ2) is 5.10. The van der Waals surface area contributed by atoms with Crippen LogP contribution in [0.1, 0.15) is 24.8 Å². The Morgan fingerprint density at radius 1 is 1.40 bits per heavy atom. The van der Waals surface area contributed by atoms with Gasteiger partial charge in [-0.15, -0.1) is 0 Å². The summed E-state index contributed by atoms with van der Waals surface area (Å²) in [4.78, 5) is 0. The molecule has 0 spiro atoms. The average molecular weight is 226 g/mol. The van der Waals surface area contributed by atoms with E-state index < -0.39 is 0 Å². The first-order valence-electron chi connectivity index (χ1n) is 5.54. The van der Waals surface area contributed by atoms with Gasteiger partial charge in [0.15, 0.2) is 0 Å². The Bertz CT molecular complexity index is 276. The van der Waals surface area contributed by atoms with Crippen LogP contribution < -0.4 is 0 Å². The largest absolute Gasteiger partial charge is 0.396 e. The van der Waals surface area contributed by atoms with E-state index in [-0.39, 0.29) is 5.41 Å². The molecule has 0 unspecified atom stereocenters. The molecule has 1 saturated heterocycles. The van der Waals surface area contributed by atoms with Crippen LogP contribution in [0.2, 0.25) is 0 Å². The number of rotatable bonds is 4. The zero-order valence-electron chi connectivity index (χ0n) is 8.95. The maximum Gasteiger partial charge on any atom is 0.0489 e. The summed E-state index contributed by atoms with van der Waals surface area (Å²) >= 11 is 1.75. The Kier molecular flexibility index (Phi) is 3.78. The monoisotopic (exact) mass is 226 g/mol. The third kappa shape index (κ3) is 2.80. The van der Waals surface area contributed by atoms with Gasteiger partial charge >= 0.3 is 0 Å². The molecule has 0 bridgehead atoms. The summed E-state index contributed by atoms with van der Waals surface area (Å²) in [5.41, 5.74) is 1.53. The van der Waals surface area contributed by atoms with Gasteiger partial charge in [-0.1, -0.05) is 0 Å². The molecule has 15 heavy (non-hydrogen) atoms. The Hall–Kier alpha value is -0.380. The maximum absolute atomic E-state index is 9.52. The highest BCUT2D eigenvalue weighted by Gasteiger charge is 2.31. The minimum atomic E-state index is 0.125. The van der Waals surface area contributed by atoms with E-state index in [1.807, 2.05) is 0 Å². The third-order valence-electron chi connectivity index (χ3n) is 3.41. The van der Waals surface area contributed by atoms with E-state index in [1.54, 1.807) is 11.3 Å². The van der Waals surface area contributed by atoms with E-state index in [0.717, 1.165) is 38.9 Å². The van der Waals surface area contributed by atoms with Gasteiger partial charge in [0.1, 0.15) is 0 Å². The smallest absolute Gasteiger partial charge is 0.0489 e. The Balaban J connectivity index is 1.89. The first kappa shape index (κ1) is 11.1. The lowest BCUT2D eigenvalue weighted by Crippen LogP contribution is -2.33. The summed E-state index contributed by atoms with van der Waals surface area (Å²) in [6.07, 6.45) is 4.19. The van der Waals surface area contributed by atoms with Crippen LogP contribution in [0.15, 0.2) is 16.8 Å². The van der Waals surface area contributed by atoms with Crippen LogP contribution >= 0.6 is 11.3 Å². The Labute approximate surface area is 94.9 Å². The normalized spacial score (nSPS) is 20.3. The Morgan fingerprint density at radius 2 is 2.20 bits per heavy atom. The summed E-state index contributed by atoms with van der Waals surface area (Å²) in [6, 6.07) is 2.18. The van der Waals surface area contributed by atoms with Gasteiger partial charge in [0, 0.05) is 19.8 Å². The fourth-order valence-corrected chi connectivity index (χ4v) is 2.84. The molecular formula is C12H18O2S. The molecule has 1 fully saturated rings. The molecule has 2 rings (SSSR count). The molecule has 1 aliphatic rings. The fourth-order valence-electron chi connectivity index (χ4n) is 2.14. The lowest BCUT2D eigenvalue weighted by atomic mass is 9.76. The zero-order valence-corrected chi connectivity index (χ0v) is 9.76. The highest BCUT2D eigenvalue weighted by Crippen LogP contribution is 2.34. The van der Waals surface area contributed by atoms with E-state index in [0.29, 0.717) is 6.61 Å². The number of hydrogen-bond acceptors (Lipinski definition) is 3. The zero-order chi connectivity index (χ0) is 10.6. The summed E-state index contributed by atoms with van der Waals surface area (Å²) in [7, 11) is 0. The summed E-state index contributed by atoms with van der Waals surface area (Å²) in [5.74, 6) is 0. The molecule has 0 radical (unpaired) electrons. The quantitative estimate of drug-likeness (QED) is 0.854. The highest BCUT2D eigenvalue weighted by molar-refractivity contribution is 7.07. The minimum Gasteiger partial charge on any atom is -0.396 e. The first-order valence-corrected chi connectivity index (χ1v) is 6.49. The van der Waals surface area contributed by atoms with Crippen molar-refractivity contribution in [3.63, 3.8) is 0 Å². The second-order valence-electron chi connectivity index (χ2n) is 4.40. The number of hydrogen-bond donors (Lipinski definition) is 1. The molecule has 84 valence electrons. The van der Waals surface area contributed by atoms with Crippen molar-refractivity contribution in [1.82, 2.24) is 0 Å². The number of aryl methyl sites for hydroxylation is 1. The van der Waals surface area contributed by atoms with Gasteiger partial charge in [0.25, 0.3) is 0 Å². The Morgan fingerprint density at radius 3 is 2.80 bits per heavy atom. The summed E-state index contributed by atoms with van der Waals surface area (Å²) < 4.78 is 5.35. The molecule has 0 aromatic carbocycles. The predicted molar refractivity (Wildman–Crippen MR) is 62.2 cm³/mol. The van der Waals surface area contributed by atoms with E-state index in [1.165, 1.54) is 5.56 Å². The fraction of sp³-hybridized carbons (Fsp3) is 0.667. The summed E-state index contributed by atoms with van der Waals surface area (Å²) in [5, 5.41) is 13.8. The molecule has 0 atom stereocenters. The average Bonchev–Trinajstić information content (AvgIpc) is 2.81. The number of aliphatic hydroxyl groups is 1. The van der Waals surface area contributed by atoms with E-state index >= 15 is 0 Å². The molecule has 2 nitrogen and oxygen atoms in total. The summed E-state index contributed by atoms with van der Waals surface area (Å²) in [6.45, 7) is 1.93. The molecule has 1 aromatic heterocycles. The van der Waals surface area contributed by atoms with Gasteiger partial charge in [-0.3, -0.25) is 0 Å². The highest BCUT2D eigenvalue weighted by atomic mass is 32.1. The number of aliphatic hydroxyl groups excluding tert-OH is 1. The minimum absolute atomic E-state index is 0.125. The van der Waals surface area contributed by atoms with Gasteiger partial charge in [-0.25, -0.2) is 0 Å². The van der Waals surface area contributed by atoms with Gasteiger partial charge in [-0.2, -0.15) is 11.3 Å². The van der Waals surface area contributed by atoms with Crippen LogP contribution in [0.5, 0.6) is 0 Å². The topological polar surface area (TPSA) is 29.5 Å². The first-order chi connectivity index (χ1) is 7.35. The predicted octanol–water partition coefficient (Wildman–Crippen LogP) is 2.47. The third-order valence-corrected chi connectivity index (χ3v) is 4.15. The number of ether oxygens (including phenoxy) is 1. The van der Waals surface area contributed by atoms with Crippen LogP contribution in [-0.2, 0) is 11.2 Å². The van der Waals surface area contributed by atoms with Gasteiger partial charge in [-0.05, 0) is 53.5 Å². The maximum atomic E-state index is 9.52. The van der Waals surface area contributed by atoms with Crippen molar-refractivity contribution < 1.29 is 9.84 Å². The van der Waals surface area contributed by atoms with Crippen LogP contribution in [0.3, 0.4) is 0 Å². The van der Waals surface area contributed by atoms with E-state index in [2.05, 4.69) is 16.8 Å². The molecule has 1 N–H and O–H groups in total. The van der Waals surface area contributed by atoms with Gasteiger partial charge in [0.05, 0.1) is 0 Å². The molecule has 2 heterocycles. The SMILES string of the molecule is OCC1(CCc2ccsc2)CCOCC1. The molecule has 0 amide bonds. The van der Waals surface area contributed by atoms with Crippen LogP contribution in [0.25, 0.3) is 0 Å². The van der Waals surface area contributed by atoms with Crippen molar-refractivity contribution in [2.75, 3.05) is 19.8 Å². The van der Waals surface area contributed by atoms with Gasteiger partial charge < -0.3 is 9.84 Å². The van der Waals surface area contributed by atoms with Crippen molar-refractivity contribution in [3.8, 4) is 0 Å². The molecule has 3 heteroatoms. The van der Waals surface area contributed by atoms with Crippen molar-refractivity contribution in [2.24, 2.45) is 5.41 Å². The lowest BCUT2D eigenvalue weighted by molar-refractivity contribution is -0.0204. The van der Waals surface area contributed by atoms with Crippen molar-refractivity contribution >= 4 is 11.3 Å². The van der Waals surface area contributed by atoms with Crippen LogP contribution in [0.4, 0.5) is 0 Å². The molecule has 0 aliphatic carbocycles. The lowest BCUT2D eigenvalue weighted by Gasteiger charge is -2.35. The van der Waals surface area contributed by atoms with Crippen molar-refractivity contribution in [3.05, 3.63) is 22.4 Å². The van der Waals surface area contributed by atoms with E-state index in [4.69, 9.17) is 4.74 Å². The van der Waals surface area contributed by atoms with Crippen LogP contribution in [0, 0.1) is 5.41 Å². The standard InChI is InChI=1S/C12H18O2S/c13-10-12(4-6-14-7-5-12)3-1-11-2-8-15-9-11/h2,8-9,13H,1,3-7,10H2. The van der Waals surface area contributed by atoms with Crippen molar-refractivity contribution in [2.45, 2.75) is 25.7 Å². The van der Waals surface area contributed by atoms with E-state index in [9.17, 15) is 5.11 Å². The van der Waals surface area contributed by atoms with Crippen molar-refractivity contribution in [1.29, 1.82) is 0 Å². The molecule has 1 aromatic rings. The molecule has 0 saturated carbocycles. The second-order valence-corrected chi connectivity index (χ2v) is 5.18. The molecule has 1 aliphatic heterocycles. The number of thiophene rings is 1.